The normalized spacial score (nSPS) is 17.3. The summed E-state index contributed by atoms with van der Waals surface area (Å²) < 4.78 is 0. The predicted octanol–water partition coefficient (Wildman–Crippen LogP) is 2.74. The Hall–Kier alpha value is -1.99. The van der Waals surface area contributed by atoms with E-state index in [2.05, 4.69) is 15.5 Å². The van der Waals surface area contributed by atoms with Crippen molar-refractivity contribution < 1.29 is 9.59 Å². The van der Waals surface area contributed by atoms with E-state index in [0.717, 1.165) is 17.0 Å². The Labute approximate surface area is 148 Å². The number of nitrogens with one attached hydrogen (secondary N) is 1. The quantitative estimate of drug-likeness (QED) is 0.885. The average molecular weight is 365 g/mol. The lowest BCUT2D eigenvalue weighted by Crippen LogP contribution is -2.28. The van der Waals surface area contributed by atoms with Gasteiger partial charge in [-0.15, -0.1) is 10.2 Å². The zero-order chi connectivity index (χ0) is 17.1. The minimum absolute atomic E-state index is 0.0170. The van der Waals surface area contributed by atoms with Crippen molar-refractivity contribution in [1.29, 1.82) is 0 Å². The number of nitrogens with zero attached hydrogens (tertiary/aromatic N) is 3. The number of hydrogen-bond acceptors (Lipinski definition) is 5. The Morgan fingerprint density at radius 2 is 2.12 bits per heavy atom. The number of aryl methyl sites for hydroxylation is 1. The van der Waals surface area contributed by atoms with Crippen LogP contribution in [0.3, 0.4) is 0 Å². The van der Waals surface area contributed by atoms with E-state index in [1.54, 1.807) is 17.0 Å². The molecule has 1 aromatic carbocycles. The van der Waals surface area contributed by atoms with Gasteiger partial charge in [0.05, 0.1) is 5.92 Å². The van der Waals surface area contributed by atoms with Crippen molar-refractivity contribution in [3.05, 3.63) is 39.9 Å². The van der Waals surface area contributed by atoms with Crippen molar-refractivity contribution in [2.75, 3.05) is 11.9 Å². The first-order chi connectivity index (χ1) is 11.5. The second-order valence-electron chi connectivity index (χ2n) is 5.65. The third-order valence-electron chi connectivity index (χ3n) is 3.87. The van der Waals surface area contributed by atoms with Crippen LogP contribution in [0.25, 0.3) is 0 Å². The Morgan fingerprint density at radius 1 is 1.38 bits per heavy atom. The van der Waals surface area contributed by atoms with Gasteiger partial charge in [0, 0.05) is 24.5 Å². The monoisotopic (exact) mass is 364 g/mol. The Kier molecular flexibility index (Phi) is 5.11. The van der Waals surface area contributed by atoms with E-state index in [1.807, 2.05) is 19.1 Å². The van der Waals surface area contributed by atoms with Gasteiger partial charge in [-0.3, -0.25) is 9.59 Å². The van der Waals surface area contributed by atoms with Gasteiger partial charge < -0.3 is 10.2 Å². The maximum Gasteiger partial charge on any atom is 0.231 e. The second-order valence-corrected chi connectivity index (χ2v) is 7.14. The highest BCUT2D eigenvalue weighted by molar-refractivity contribution is 7.15. The van der Waals surface area contributed by atoms with Gasteiger partial charge in [-0.25, -0.2) is 0 Å². The van der Waals surface area contributed by atoms with Crippen LogP contribution in [0.1, 0.15) is 23.9 Å². The van der Waals surface area contributed by atoms with E-state index in [0.29, 0.717) is 23.2 Å². The first-order valence-corrected chi connectivity index (χ1v) is 8.90. The fourth-order valence-corrected chi connectivity index (χ4v) is 3.37. The van der Waals surface area contributed by atoms with Crippen LogP contribution in [-0.2, 0) is 22.6 Å². The molecule has 24 heavy (non-hydrogen) atoms. The summed E-state index contributed by atoms with van der Waals surface area (Å²) in [6.07, 6.45) is 1.00. The largest absolute Gasteiger partial charge is 0.338 e. The first-order valence-electron chi connectivity index (χ1n) is 7.70. The van der Waals surface area contributed by atoms with Crippen molar-refractivity contribution in [2.45, 2.75) is 26.3 Å². The van der Waals surface area contributed by atoms with Crippen molar-refractivity contribution in [2.24, 2.45) is 5.92 Å². The topological polar surface area (TPSA) is 75.2 Å². The molecule has 0 saturated carbocycles. The third kappa shape index (κ3) is 3.91. The molecule has 0 aliphatic carbocycles. The summed E-state index contributed by atoms with van der Waals surface area (Å²) in [5.74, 6) is -0.559. The van der Waals surface area contributed by atoms with Crippen LogP contribution in [0.2, 0.25) is 5.02 Å². The van der Waals surface area contributed by atoms with Crippen LogP contribution in [0.15, 0.2) is 24.3 Å². The van der Waals surface area contributed by atoms with Crippen molar-refractivity contribution in [3.63, 3.8) is 0 Å². The van der Waals surface area contributed by atoms with Gasteiger partial charge in [0.15, 0.2) is 0 Å². The van der Waals surface area contributed by atoms with E-state index < -0.39 is 0 Å². The molecule has 1 fully saturated rings. The molecule has 0 spiro atoms. The fraction of sp³-hybridized carbons (Fsp3) is 0.375. The fourth-order valence-electron chi connectivity index (χ4n) is 2.57. The molecular weight excluding hydrogens is 348 g/mol. The minimum Gasteiger partial charge on any atom is -0.338 e. The zero-order valence-corrected chi connectivity index (χ0v) is 14.7. The number of likely N-dealkylation sites (tertiary alicyclic amines) is 1. The number of carbonyl (C=O) groups excluding carboxylic acids is 2. The third-order valence-corrected chi connectivity index (χ3v) is 5.11. The highest BCUT2D eigenvalue weighted by Gasteiger charge is 2.34. The molecule has 1 aromatic heterocycles. The second kappa shape index (κ2) is 7.27. The van der Waals surface area contributed by atoms with Crippen LogP contribution in [0.5, 0.6) is 0 Å². The molecule has 8 heteroatoms. The predicted molar refractivity (Wildman–Crippen MR) is 92.9 cm³/mol. The number of halogens is 1. The summed E-state index contributed by atoms with van der Waals surface area (Å²) in [4.78, 5) is 26.2. The maximum atomic E-state index is 12.3. The highest BCUT2D eigenvalue weighted by Crippen LogP contribution is 2.23. The van der Waals surface area contributed by atoms with Crippen LogP contribution in [0, 0.1) is 5.92 Å². The Morgan fingerprint density at radius 3 is 2.79 bits per heavy atom. The molecule has 0 bridgehead atoms. The lowest BCUT2D eigenvalue weighted by Gasteiger charge is -2.16. The summed E-state index contributed by atoms with van der Waals surface area (Å²) >= 11 is 7.23. The van der Waals surface area contributed by atoms with E-state index in [-0.39, 0.29) is 24.2 Å². The van der Waals surface area contributed by atoms with Gasteiger partial charge in [0.2, 0.25) is 16.9 Å². The molecule has 1 saturated heterocycles. The summed E-state index contributed by atoms with van der Waals surface area (Å²) in [6.45, 7) is 2.88. The molecule has 2 heterocycles. The van der Waals surface area contributed by atoms with Crippen LogP contribution < -0.4 is 5.32 Å². The van der Waals surface area contributed by atoms with Gasteiger partial charge in [-0.1, -0.05) is 42.0 Å². The van der Waals surface area contributed by atoms with Crippen LogP contribution in [0.4, 0.5) is 5.13 Å². The molecule has 1 N–H and O–H groups in total. The summed E-state index contributed by atoms with van der Waals surface area (Å²) in [6, 6.07) is 7.36. The zero-order valence-electron chi connectivity index (χ0n) is 13.2. The summed E-state index contributed by atoms with van der Waals surface area (Å²) in [5.41, 5.74) is 0.991. The minimum atomic E-state index is -0.362. The van der Waals surface area contributed by atoms with E-state index >= 15 is 0 Å². The molecule has 2 aromatic rings. The molecule has 2 amide bonds. The molecule has 0 radical (unpaired) electrons. The van der Waals surface area contributed by atoms with Crippen molar-refractivity contribution in [1.82, 2.24) is 15.1 Å². The molecule has 0 unspecified atom stereocenters. The number of amides is 2. The van der Waals surface area contributed by atoms with Crippen molar-refractivity contribution in [3.8, 4) is 0 Å². The Bertz CT molecular complexity index is 747. The Balaban J connectivity index is 1.59. The van der Waals surface area contributed by atoms with Gasteiger partial charge in [0.25, 0.3) is 0 Å². The number of aromatic nitrogens is 2. The molecule has 1 aliphatic heterocycles. The van der Waals surface area contributed by atoms with E-state index in [1.165, 1.54) is 11.3 Å². The SMILES string of the molecule is CCc1nnc(NC(=O)[C@@H]2CC(=O)N(Cc3ccc(Cl)cc3)C2)s1. The summed E-state index contributed by atoms with van der Waals surface area (Å²) in [7, 11) is 0. The van der Waals surface area contributed by atoms with Crippen LogP contribution >= 0.6 is 22.9 Å². The van der Waals surface area contributed by atoms with Crippen LogP contribution in [-0.4, -0.2) is 33.5 Å². The standard InChI is InChI=1S/C16H17ClN4O2S/c1-2-13-19-20-16(24-13)18-15(23)11-7-14(22)21(9-11)8-10-3-5-12(17)6-4-10/h3-6,11H,2,7-9H2,1H3,(H,18,20,23)/t11-/m1/s1. The van der Waals surface area contributed by atoms with E-state index in [4.69, 9.17) is 11.6 Å². The first kappa shape index (κ1) is 16.9. The smallest absolute Gasteiger partial charge is 0.231 e. The molecule has 1 aliphatic rings. The molecule has 6 nitrogen and oxygen atoms in total. The molecule has 126 valence electrons. The molecule has 1 atom stereocenters. The van der Waals surface area contributed by atoms with E-state index in [9.17, 15) is 9.59 Å². The average Bonchev–Trinajstić information content (AvgIpc) is 3.16. The summed E-state index contributed by atoms with van der Waals surface area (Å²) in [5, 5.41) is 12.7. The number of anilines is 1. The molecular formula is C16H17ClN4O2S. The number of hydrogen-bond donors (Lipinski definition) is 1. The van der Waals surface area contributed by atoms with Gasteiger partial charge >= 0.3 is 0 Å². The van der Waals surface area contributed by atoms with Gasteiger partial charge in [-0.2, -0.15) is 0 Å². The van der Waals surface area contributed by atoms with Crippen molar-refractivity contribution >= 4 is 39.9 Å². The maximum absolute atomic E-state index is 12.3. The molecule has 3 rings (SSSR count). The van der Waals surface area contributed by atoms with Gasteiger partial charge in [0.1, 0.15) is 5.01 Å². The lowest BCUT2D eigenvalue weighted by molar-refractivity contribution is -0.128. The number of benzene rings is 1. The number of carbonyl (C=O) groups is 2. The highest BCUT2D eigenvalue weighted by atomic mass is 35.5. The lowest BCUT2D eigenvalue weighted by atomic mass is 10.1. The van der Waals surface area contributed by atoms with Gasteiger partial charge in [-0.05, 0) is 24.1 Å². The number of rotatable bonds is 5.